The number of carbonyl (C=O) groups excluding carboxylic acids is 2. The lowest BCUT2D eigenvalue weighted by Crippen LogP contribution is -2.41. The van der Waals surface area contributed by atoms with Crippen molar-refractivity contribution in [1.29, 1.82) is 0 Å². The second-order valence-corrected chi connectivity index (χ2v) is 8.62. The van der Waals surface area contributed by atoms with Gasteiger partial charge in [-0.05, 0) is 47.7 Å². The fourth-order valence-electron chi connectivity index (χ4n) is 2.85. The molecule has 0 aliphatic rings. The molecular weight excluding hydrogens is 416 g/mol. The first-order chi connectivity index (χ1) is 14.7. The predicted octanol–water partition coefficient (Wildman–Crippen LogP) is 4.31. The summed E-state index contributed by atoms with van der Waals surface area (Å²) in [7, 11) is 0. The van der Waals surface area contributed by atoms with Gasteiger partial charge < -0.3 is 4.98 Å². The maximum atomic E-state index is 12.2. The van der Waals surface area contributed by atoms with E-state index in [0.717, 1.165) is 32.4 Å². The maximum absolute atomic E-state index is 12.2. The summed E-state index contributed by atoms with van der Waals surface area (Å²) in [6.07, 6.45) is 0.996. The van der Waals surface area contributed by atoms with Crippen LogP contribution in [0.5, 0.6) is 0 Å². The van der Waals surface area contributed by atoms with Crippen molar-refractivity contribution >= 4 is 45.9 Å². The zero-order valence-corrected chi connectivity index (χ0v) is 17.7. The van der Waals surface area contributed by atoms with E-state index in [4.69, 9.17) is 0 Å². The van der Waals surface area contributed by atoms with Crippen LogP contribution in [0.15, 0.2) is 71.2 Å². The molecule has 152 valence electrons. The van der Waals surface area contributed by atoms with Crippen molar-refractivity contribution in [1.82, 2.24) is 20.8 Å². The van der Waals surface area contributed by atoms with Crippen LogP contribution in [0.1, 0.15) is 27.2 Å². The maximum Gasteiger partial charge on any atom is 0.269 e. The number of aromatic amines is 1. The molecule has 0 saturated carbocycles. The smallest absolute Gasteiger partial charge is 0.269 e. The highest BCUT2D eigenvalue weighted by Crippen LogP contribution is 2.23. The van der Waals surface area contributed by atoms with Gasteiger partial charge in [-0.2, -0.15) is 0 Å². The molecule has 0 radical (unpaired) electrons. The highest BCUT2D eigenvalue weighted by molar-refractivity contribution is 7.98. The lowest BCUT2D eigenvalue weighted by atomic mass is 10.1. The number of carbonyl (C=O) groups is 2. The summed E-state index contributed by atoms with van der Waals surface area (Å²) in [5.74, 6) is 0.188. The van der Waals surface area contributed by atoms with Crippen LogP contribution >= 0.6 is 23.1 Å². The third-order valence-electron chi connectivity index (χ3n) is 4.45. The second-order valence-electron chi connectivity index (χ2n) is 6.63. The number of hydrogen-bond donors (Lipinski definition) is 3. The van der Waals surface area contributed by atoms with E-state index in [1.807, 2.05) is 53.9 Å². The summed E-state index contributed by atoms with van der Waals surface area (Å²) < 4.78 is 0. The van der Waals surface area contributed by atoms with Gasteiger partial charge in [-0.25, -0.2) is 4.98 Å². The lowest BCUT2D eigenvalue weighted by Gasteiger charge is -2.08. The van der Waals surface area contributed by atoms with Gasteiger partial charge in [-0.1, -0.05) is 42.1 Å². The summed E-state index contributed by atoms with van der Waals surface area (Å²) in [6, 6.07) is 19.2. The molecule has 0 unspecified atom stereocenters. The van der Waals surface area contributed by atoms with E-state index in [1.165, 1.54) is 0 Å². The molecular formula is C22H20N4O2S2. The monoisotopic (exact) mass is 436 g/mol. The Bertz CT molecular complexity index is 1100. The molecule has 0 aliphatic heterocycles. The normalized spacial score (nSPS) is 10.8. The number of thioether (sulfide) groups is 1. The third-order valence-corrected chi connectivity index (χ3v) is 6.33. The number of aryl methyl sites for hydroxylation is 1. The number of thiophene rings is 1. The van der Waals surface area contributed by atoms with Gasteiger partial charge in [-0.15, -0.1) is 11.3 Å². The Morgan fingerprint density at radius 2 is 1.83 bits per heavy atom. The molecule has 6 nitrogen and oxygen atoms in total. The number of amides is 2. The number of para-hydroxylation sites is 2. The minimum Gasteiger partial charge on any atom is -0.333 e. The van der Waals surface area contributed by atoms with Gasteiger partial charge in [0.2, 0.25) is 5.91 Å². The number of imidazole rings is 1. The van der Waals surface area contributed by atoms with Crippen LogP contribution < -0.4 is 10.9 Å². The van der Waals surface area contributed by atoms with E-state index in [0.29, 0.717) is 18.4 Å². The lowest BCUT2D eigenvalue weighted by molar-refractivity contribution is -0.121. The van der Waals surface area contributed by atoms with E-state index in [2.05, 4.69) is 20.8 Å². The van der Waals surface area contributed by atoms with Gasteiger partial charge in [0.25, 0.3) is 5.91 Å². The van der Waals surface area contributed by atoms with Gasteiger partial charge in [0.05, 0.1) is 11.0 Å². The van der Waals surface area contributed by atoms with Gasteiger partial charge in [0.15, 0.2) is 5.16 Å². The van der Waals surface area contributed by atoms with Crippen molar-refractivity contribution in [2.24, 2.45) is 0 Å². The largest absolute Gasteiger partial charge is 0.333 e. The van der Waals surface area contributed by atoms with E-state index < -0.39 is 0 Å². The van der Waals surface area contributed by atoms with Crippen LogP contribution in [0.3, 0.4) is 0 Å². The van der Waals surface area contributed by atoms with E-state index in [1.54, 1.807) is 35.2 Å². The number of aromatic nitrogens is 2. The minimum absolute atomic E-state index is 0.212. The minimum atomic E-state index is -0.337. The van der Waals surface area contributed by atoms with Crippen LogP contribution in [0.4, 0.5) is 0 Å². The third kappa shape index (κ3) is 5.28. The molecule has 0 atom stereocenters. The van der Waals surface area contributed by atoms with Crippen molar-refractivity contribution in [2.75, 3.05) is 0 Å². The zero-order valence-electron chi connectivity index (χ0n) is 16.1. The molecule has 2 aromatic carbocycles. The molecule has 0 aliphatic carbocycles. The summed E-state index contributed by atoms with van der Waals surface area (Å²) in [6.45, 7) is 0. The van der Waals surface area contributed by atoms with Crippen LogP contribution in [-0.2, 0) is 17.0 Å². The van der Waals surface area contributed by atoms with E-state index >= 15 is 0 Å². The van der Waals surface area contributed by atoms with Crippen LogP contribution in [-0.4, -0.2) is 21.8 Å². The van der Waals surface area contributed by atoms with E-state index in [-0.39, 0.29) is 11.8 Å². The van der Waals surface area contributed by atoms with Gasteiger partial charge >= 0.3 is 0 Å². The summed E-state index contributed by atoms with van der Waals surface area (Å²) in [4.78, 5) is 33.1. The molecule has 2 heterocycles. The molecule has 4 rings (SSSR count). The predicted molar refractivity (Wildman–Crippen MR) is 120 cm³/mol. The highest BCUT2D eigenvalue weighted by atomic mass is 32.2. The molecule has 0 spiro atoms. The average molecular weight is 437 g/mol. The van der Waals surface area contributed by atoms with Crippen molar-refractivity contribution < 1.29 is 9.59 Å². The quantitative estimate of drug-likeness (QED) is 0.298. The fraction of sp³-hybridized carbons (Fsp3) is 0.136. The average Bonchev–Trinajstić information content (AvgIpc) is 3.44. The number of nitrogens with one attached hydrogen (secondary N) is 3. The summed E-state index contributed by atoms with van der Waals surface area (Å²) >= 11 is 3.22. The number of H-pyrrole nitrogens is 1. The molecule has 8 heteroatoms. The van der Waals surface area contributed by atoms with Crippen LogP contribution in [0.2, 0.25) is 0 Å². The first-order valence-electron chi connectivity index (χ1n) is 9.45. The summed E-state index contributed by atoms with van der Waals surface area (Å²) in [5.41, 5.74) is 8.47. The van der Waals surface area contributed by atoms with E-state index in [9.17, 15) is 9.59 Å². The number of hydrazine groups is 1. The Hall–Kier alpha value is -3.10. The highest BCUT2D eigenvalue weighted by Gasteiger charge is 2.09. The second kappa shape index (κ2) is 9.60. The van der Waals surface area contributed by atoms with Crippen LogP contribution in [0, 0.1) is 0 Å². The SMILES string of the molecule is O=C(CCc1cccs1)NNC(=O)c1ccc(CSc2nc3ccccc3[nH]2)cc1. The Balaban J connectivity index is 1.24. The van der Waals surface area contributed by atoms with Gasteiger partial charge in [0, 0.05) is 22.6 Å². The Kier molecular flexibility index (Phi) is 6.46. The number of nitrogens with zero attached hydrogens (tertiary/aromatic N) is 1. The number of benzene rings is 2. The molecule has 30 heavy (non-hydrogen) atoms. The first-order valence-corrected chi connectivity index (χ1v) is 11.3. The molecule has 2 amide bonds. The topological polar surface area (TPSA) is 86.9 Å². The Morgan fingerprint density at radius 1 is 1.00 bits per heavy atom. The molecule has 3 N–H and O–H groups in total. The molecule has 4 aromatic rings. The fourth-order valence-corrected chi connectivity index (χ4v) is 4.40. The van der Waals surface area contributed by atoms with Crippen molar-refractivity contribution in [3.05, 3.63) is 82.0 Å². The molecule has 0 saturated heterocycles. The first kappa shape index (κ1) is 20.2. The van der Waals surface area contributed by atoms with Crippen molar-refractivity contribution in [3.8, 4) is 0 Å². The van der Waals surface area contributed by atoms with Gasteiger partial charge in [-0.3, -0.25) is 20.4 Å². The van der Waals surface area contributed by atoms with Gasteiger partial charge in [0.1, 0.15) is 0 Å². The van der Waals surface area contributed by atoms with Crippen molar-refractivity contribution in [2.45, 2.75) is 23.8 Å². The Morgan fingerprint density at radius 3 is 2.60 bits per heavy atom. The summed E-state index contributed by atoms with van der Waals surface area (Å²) in [5, 5.41) is 2.84. The zero-order chi connectivity index (χ0) is 20.8. The standard InChI is InChI=1S/C22H20N4O2S2/c27-20(12-11-17-4-3-13-29-17)25-26-21(28)16-9-7-15(8-10-16)14-30-22-23-18-5-1-2-6-19(18)24-22/h1-10,13H,11-12,14H2,(H,23,24)(H,25,27)(H,26,28). The number of hydrogen-bond acceptors (Lipinski definition) is 5. The molecule has 2 aromatic heterocycles. The number of fused-ring (bicyclic) bond motifs is 1. The molecule has 0 fully saturated rings. The van der Waals surface area contributed by atoms with Crippen molar-refractivity contribution in [3.63, 3.8) is 0 Å². The van der Waals surface area contributed by atoms with Crippen LogP contribution in [0.25, 0.3) is 11.0 Å². The molecule has 0 bridgehead atoms. The Labute approximate surface area is 182 Å². The number of rotatable bonds is 7.